The lowest BCUT2D eigenvalue weighted by Gasteiger charge is -2.40. The summed E-state index contributed by atoms with van der Waals surface area (Å²) in [5, 5.41) is 7.91. The second kappa shape index (κ2) is 13.2. The van der Waals surface area contributed by atoms with Gasteiger partial charge in [0.15, 0.2) is 5.82 Å². The highest BCUT2D eigenvalue weighted by Gasteiger charge is 2.47. The van der Waals surface area contributed by atoms with Gasteiger partial charge in [0.2, 0.25) is 5.91 Å². The number of anilines is 1. The Hall–Kier alpha value is -3.93. The molecule has 41 heavy (non-hydrogen) atoms. The van der Waals surface area contributed by atoms with Crippen molar-refractivity contribution in [1.82, 2.24) is 20.2 Å². The number of rotatable bonds is 12. The van der Waals surface area contributed by atoms with E-state index in [1.807, 2.05) is 30.3 Å². The van der Waals surface area contributed by atoms with Crippen LogP contribution in [-0.2, 0) is 40.7 Å². The van der Waals surface area contributed by atoms with E-state index in [4.69, 9.17) is 14.2 Å². The van der Waals surface area contributed by atoms with Gasteiger partial charge >= 0.3 is 12.1 Å². The average molecular weight is 572 g/mol. The van der Waals surface area contributed by atoms with Gasteiger partial charge in [0.05, 0.1) is 26.1 Å². The summed E-state index contributed by atoms with van der Waals surface area (Å²) in [4.78, 5) is 55.7. The summed E-state index contributed by atoms with van der Waals surface area (Å²) in [6, 6.07) is 8.27. The standard InChI is InChI=1S/C29H41N5O7/c1-7-40-25(37)29(14-11-15-29)34-16-22(30-19-34)32-23(35)21(18-39-17-20-12-9-8-10-13-20)31-24(36)28(5,6)33-26(38)41-27(2,3)4/h8-10,12-13,16,19,21H,7,11,14-15,17-18H2,1-6H3,(H,31,36)(H,32,35)(H,33,38)/t21-/m1/s1. The molecule has 3 rings (SSSR count). The zero-order chi connectivity index (χ0) is 30.3. The molecular weight excluding hydrogens is 530 g/mol. The Morgan fingerprint density at radius 2 is 1.76 bits per heavy atom. The van der Waals surface area contributed by atoms with Crippen LogP contribution in [0.25, 0.3) is 0 Å². The van der Waals surface area contributed by atoms with E-state index in [0.717, 1.165) is 12.0 Å². The summed E-state index contributed by atoms with van der Waals surface area (Å²) in [5.74, 6) is -1.32. The molecule has 0 bridgehead atoms. The van der Waals surface area contributed by atoms with E-state index in [2.05, 4.69) is 20.9 Å². The number of ether oxygens (including phenoxy) is 3. The molecule has 12 heteroatoms. The van der Waals surface area contributed by atoms with E-state index in [1.54, 1.807) is 38.5 Å². The molecule has 1 fully saturated rings. The number of benzene rings is 1. The minimum Gasteiger partial charge on any atom is -0.464 e. The fourth-order valence-corrected chi connectivity index (χ4v) is 4.19. The number of aromatic nitrogens is 2. The molecule has 1 aromatic carbocycles. The van der Waals surface area contributed by atoms with Crippen LogP contribution in [0.4, 0.5) is 10.6 Å². The number of carbonyl (C=O) groups excluding carboxylic acids is 4. The number of esters is 1. The summed E-state index contributed by atoms with van der Waals surface area (Å²) in [7, 11) is 0. The molecule has 1 aliphatic rings. The van der Waals surface area contributed by atoms with Crippen molar-refractivity contribution in [1.29, 1.82) is 0 Å². The van der Waals surface area contributed by atoms with Crippen molar-refractivity contribution in [3.63, 3.8) is 0 Å². The van der Waals surface area contributed by atoms with E-state index in [1.165, 1.54) is 20.2 Å². The summed E-state index contributed by atoms with van der Waals surface area (Å²) in [6.45, 7) is 10.2. The van der Waals surface area contributed by atoms with Gasteiger partial charge in [-0.15, -0.1) is 0 Å². The molecule has 1 aliphatic carbocycles. The highest BCUT2D eigenvalue weighted by atomic mass is 16.6. The predicted octanol–water partition coefficient (Wildman–Crippen LogP) is 3.27. The molecule has 0 spiro atoms. The van der Waals surface area contributed by atoms with Crippen molar-refractivity contribution >= 4 is 29.7 Å². The third kappa shape index (κ3) is 8.53. The van der Waals surface area contributed by atoms with Gasteiger partial charge in [-0.2, -0.15) is 0 Å². The molecule has 1 saturated carbocycles. The Labute approximate surface area is 240 Å². The number of alkyl carbamates (subject to hydrolysis) is 1. The number of carbonyl (C=O) groups is 4. The summed E-state index contributed by atoms with van der Waals surface area (Å²) in [5.41, 5.74) is -2.10. The van der Waals surface area contributed by atoms with E-state index in [-0.39, 0.29) is 31.6 Å². The molecule has 3 N–H and O–H groups in total. The van der Waals surface area contributed by atoms with Crippen molar-refractivity contribution < 1.29 is 33.4 Å². The fraction of sp³-hybridized carbons (Fsp3) is 0.552. The highest BCUT2D eigenvalue weighted by Crippen LogP contribution is 2.40. The van der Waals surface area contributed by atoms with E-state index in [0.29, 0.717) is 12.8 Å². The third-order valence-electron chi connectivity index (χ3n) is 6.56. The van der Waals surface area contributed by atoms with Crippen LogP contribution in [0, 0.1) is 0 Å². The summed E-state index contributed by atoms with van der Waals surface area (Å²) in [6.07, 6.45) is 4.39. The van der Waals surface area contributed by atoms with Crippen LogP contribution in [0.2, 0.25) is 0 Å². The largest absolute Gasteiger partial charge is 0.464 e. The van der Waals surface area contributed by atoms with Crippen molar-refractivity contribution in [2.24, 2.45) is 0 Å². The second-order valence-corrected chi connectivity index (χ2v) is 11.5. The Kier molecular flexibility index (Phi) is 10.1. The number of nitrogens with zero attached hydrogens (tertiary/aromatic N) is 2. The molecular formula is C29H41N5O7. The first-order valence-electron chi connectivity index (χ1n) is 13.7. The second-order valence-electron chi connectivity index (χ2n) is 11.5. The maximum Gasteiger partial charge on any atom is 0.408 e. The van der Waals surface area contributed by atoms with Gasteiger partial charge in [0.25, 0.3) is 5.91 Å². The quantitative estimate of drug-likeness (QED) is 0.329. The first-order chi connectivity index (χ1) is 19.3. The zero-order valence-electron chi connectivity index (χ0n) is 24.6. The molecule has 0 saturated heterocycles. The maximum atomic E-state index is 13.3. The smallest absolute Gasteiger partial charge is 0.408 e. The van der Waals surface area contributed by atoms with Crippen molar-refractivity contribution in [2.45, 2.75) is 90.1 Å². The Balaban J connectivity index is 1.72. The molecule has 3 amide bonds. The monoisotopic (exact) mass is 571 g/mol. The van der Waals surface area contributed by atoms with Crippen molar-refractivity contribution in [3.05, 3.63) is 48.4 Å². The predicted molar refractivity (Wildman–Crippen MR) is 151 cm³/mol. The zero-order valence-corrected chi connectivity index (χ0v) is 24.6. The molecule has 0 aliphatic heterocycles. The van der Waals surface area contributed by atoms with Gasteiger partial charge in [-0.3, -0.25) is 9.59 Å². The Morgan fingerprint density at radius 1 is 1.07 bits per heavy atom. The van der Waals surface area contributed by atoms with Gasteiger partial charge in [0.1, 0.15) is 22.7 Å². The molecule has 12 nitrogen and oxygen atoms in total. The first-order valence-corrected chi connectivity index (χ1v) is 13.7. The molecule has 1 atom stereocenters. The van der Waals surface area contributed by atoms with Gasteiger partial charge in [-0.25, -0.2) is 14.6 Å². The van der Waals surface area contributed by atoms with Crippen molar-refractivity contribution in [3.8, 4) is 0 Å². The number of hydrogen-bond donors (Lipinski definition) is 3. The van der Waals surface area contributed by atoms with Crippen molar-refractivity contribution in [2.75, 3.05) is 18.5 Å². The molecule has 0 unspecified atom stereocenters. The normalized spacial score (nSPS) is 15.2. The van der Waals surface area contributed by atoms with Crippen LogP contribution in [0.3, 0.4) is 0 Å². The SMILES string of the molecule is CCOC(=O)C1(n2cnc(NC(=O)[C@@H](COCc3ccccc3)NC(=O)C(C)(C)NC(=O)OC(C)(C)C)c2)CCC1. The van der Waals surface area contributed by atoms with Crippen LogP contribution in [0.5, 0.6) is 0 Å². The molecule has 0 radical (unpaired) electrons. The van der Waals surface area contributed by atoms with E-state index < -0.39 is 40.6 Å². The first kappa shape index (κ1) is 31.6. The lowest BCUT2D eigenvalue weighted by atomic mass is 9.76. The van der Waals surface area contributed by atoms with Crippen LogP contribution >= 0.6 is 0 Å². The number of hydrogen-bond acceptors (Lipinski definition) is 8. The maximum absolute atomic E-state index is 13.3. The third-order valence-corrected chi connectivity index (χ3v) is 6.56. The molecule has 224 valence electrons. The Morgan fingerprint density at radius 3 is 2.34 bits per heavy atom. The fourth-order valence-electron chi connectivity index (χ4n) is 4.19. The Bertz CT molecular complexity index is 1220. The van der Waals surface area contributed by atoms with Crippen LogP contribution in [-0.4, -0.2) is 63.8 Å². The van der Waals surface area contributed by atoms with Crippen LogP contribution < -0.4 is 16.0 Å². The molecule has 1 heterocycles. The number of imidazole rings is 1. The number of nitrogens with one attached hydrogen (secondary N) is 3. The van der Waals surface area contributed by atoms with Gasteiger partial charge in [-0.05, 0) is 66.4 Å². The lowest BCUT2D eigenvalue weighted by molar-refractivity contribution is -0.159. The van der Waals surface area contributed by atoms with Crippen LogP contribution in [0.1, 0.15) is 66.4 Å². The minimum atomic E-state index is -1.40. The topological polar surface area (TPSA) is 150 Å². The van der Waals surface area contributed by atoms with E-state index >= 15 is 0 Å². The highest BCUT2D eigenvalue weighted by molar-refractivity contribution is 5.98. The summed E-state index contributed by atoms with van der Waals surface area (Å²) < 4.78 is 18.0. The number of amides is 3. The summed E-state index contributed by atoms with van der Waals surface area (Å²) >= 11 is 0. The van der Waals surface area contributed by atoms with Crippen LogP contribution in [0.15, 0.2) is 42.9 Å². The van der Waals surface area contributed by atoms with Gasteiger partial charge in [-0.1, -0.05) is 30.3 Å². The van der Waals surface area contributed by atoms with Gasteiger partial charge < -0.3 is 34.7 Å². The molecule has 2 aromatic rings. The average Bonchev–Trinajstić information content (AvgIpc) is 3.30. The lowest BCUT2D eigenvalue weighted by Crippen LogP contribution is -2.59. The molecule has 1 aromatic heterocycles. The van der Waals surface area contributed by atoms with E-state index in [9.17, 15) is 19.2 Å². The minimum absolute atomic E-state index is 0.150. The van der Waals surface area contributed by atoms with Gasteiger partial charge in [0, 0.05) is 6.20 Å².